The summed E-state index contributed by atoms with van der Waals surface area (Å²) in [7, 11) is 0. The summed E-state index contributed by atoms with van der Waals surface area (Å²) in [6, 6.07) is 51.3. The summed E-state index contributed by atoms with van der Waals surface area (Å²) in [4.78, 5) is 4.97. The lowest BCUT2D eigenvalue weighted by molar-refractivity contribution is 0.871. The lowest BCUT2D eigenvalue weighted by atomic mass is 9.90. The molecule has 0 aliphatic rings. The molecule has 190 valence electrons. The topological polar surface area (TPSA) is 62.2 Å². The molecule has 1 atom stereocenters. The average Bonchev–Trinajstić information content (AvgIpc) is 3.04. The summed E-state index contributed by atoms with van der Waals surface area (Å²) in [5.74, 6) is 0.512. The van der Waals surface area contributed by atoms with Crippen LogP contribution in [0.15, 0.2) is 151 Å². The van der Waals surface area contributed by atoms with E-state index >= 15 is 0 Å². The normalized spacial score (nSPS) is 12.1. The number of fused-ring (bicyclic) bond motifs is 1. The molecule has 0 aliphatic carbocycles. The van der Waals surface area contributed by atoms with Crippen LogP contribution in [-0.2, 0) is 0 Å². The maximum atomic E-state index is 9.69. The Morgan fingerprint density at radius 1 is 0.550 bits per heavy atom. The number of benzene rings is 6. The van der Waals surface area contributed by atoms with Crippen molar-refractivity contribution in [3.05, 3.63) is 168 Å². The number of amidine groups is 1. The Labute approximate surface area is 234 Å². The molecule has 0 bridgehead atoms. The van der Waals surface area contributed by atoms with Crippen LogP contribution >= 0.6 is 0 Å². The Morgan fingerprint density at radius 3 is 1.80 bits per heavy atom. The number of aliphatic imine (C=N–C) groups is 1. The van der Waals surface area contributed by atoms with E-state index in [2.05, 4.69) is 72.8 Å². The fraction of sp³-hybridized carbons (Fsp3) is 0.0270. The molecule has 0 aromatic heterocycles. The first-order valence-corrected chi connectivity index (χ1v) is 13.3. The highest BCUT2D eigenvalue weighted by Crippen LogP contribution is 2.37. The fourth-order valence-electron chi connectivity index (χ4n) is 5.25. The van der Waals surface area contributed by atoms with Gasteiger partial charge in [0.1, 0.15) is 11.9 Å². The number of nitrogens with two attached hydrogens (primary N) is 1. The van der Waals surface area contributed by atoms with Crippen molar-refractivity contribution in [3.8, 4) is 28.3 Å². The van der Waals surface area contributed by atoms with Crippen LogP contribution < -0.4 is 5.73 Å². The molecule has 0 spiro atoms. The zero-order valence-corrected chi connectivity index (χ0v) is 21.9. The third kappa shape index (κ3) is 4.87. The molecule has 0 fully saturated rings. The van der Waals surface area contributed by atoms with Gasteiger partial charge in [0.05, 0.1) is 11.6 Å². The van der Waals surface area contributed by atoms with Crippen LogP contribution in [0.3, 0.4) is 0 Å². The van der Waals surface area contributed by atoms with Gasteiger partial charge in [-0.3, -0.25) is 4.99 Å². The van der Waals surface area contributed by atoms with Crippen LogP contribution in [0.4, 0.5) is 0 Å². The molecule has 3 heteroatoms. The van der Waals surface area contributed by atoms with Gasteiger partial charge in [-0.05, 0) is 44.7 Å². The second-order valence-corrected chi connectivity index (χ2v) is 9.68. The van der Waals surface area contributed by atoms with Gasteiger partial charge < -0.3 is 5.73 Å². The van der Waals surface area contributed by atoms with Crippen molar-refractivity contribution in [1.82, 2.24) is 0 Å². The van der Waals surface area contributed by atoms with Gasteiger partial charge in [0.15, 0.2) is 0 Å². The number of rotatable bonds is 6. The quantitative estimate of drug-likeness (QED) is 0.179. The van der Waals surface area contributed by atoms with Gasteiger partial charge in [0.2, 0.25) is 0 Å². The van der Waals surface area contributed by atoms with E-state index in [0.29, 0.717) is 11.4 Å². The Hall–Kier alpha value is -5.46. The number of nitriles is 1. The van der Waals surface area contributed by atoms with Gasteiger partial charge in [-0.2, -0.15) is 5.26 Å². The van der Waals surface area contributed by atoms with Crippen LogP contribution in [0.2, 0.25) is 0 Å². The van der Waals surface area contributed by atoms with E-state index in [9.17, 15) is 5.26 Å². The SMILES string of the molecule is N#Cc1ccccc1-c1ccc(-c2ccc(C(/N=C(\N)c3ccccc3)c3ccccc3)cc2)c2ccccc12. The number of hydrogen-bond acceptors (Lipinski definition) is 2. The molecule has 6 aromatic carbocycles. The summed E-state index contributed by atoms with van der Waals surface area (Å²) in [6.07, 6.45) is 0. The molecule has 2 N–H and O–H groups in total. The van der Waals surface area contributed by atoms with Crippen molar-refractivity contribution in [1.29, 1.82) is 5.26 Å². The zero-order chi connectivity index (χ0) is 27.3. The second kappa shape index (κ2) is 11.1. The third-order valence-corrected chi connectivity index (χ3v) is 7.25. The number of hydrogen-bond donors (Lipinski definition) is 1. The van der Waals surface area contributed by atoms with Crippen molar-refractivity contribution >= 4 is 16.6 Å². The van der Waals surface area contributed by atoms with Crippen LogP contribution in [0, 0.1) is 11.3 Å². The summed E-state index contributed by atoms with van der Waals surface area (Å²) >= 11 is 0. The first-order valence-electron chi connectivity index (χ1n) is 13.3. The molecule has 3 nitrogen and oxygen atoms in total. The van der Waals surface area contributed by atoms with Crippen molar-refractivity contribution in [3.63, 3.8) is 0 Å². The molecule has 1 unspecified atom stereocenters. The van der Waals surface area contributed by atoms with Crippen LogP contribution in [0.25, 0.3) is 33.0 Å². The standard InChI is InChI=1S/C37H27N3/c38-25-30-15-7-8-16-31(30)35-24-23-32(33-17-9-10-18-34(33)35)26-19-21-28(22-20-26)36(27-11-3-1-4-12-27)40-37(39)29-13-5-2-6-14-29/h1-24,36H,(H2,39,40). The molecule has 6 aromatic rings. The van der Waals surface area contributed by atoms with E-state index in [-0.39, 0.29) is 6.04 Å². The maximum Gasteiger partial charge on any atom is 0.126 e. The molecule has 0 amide bonds. The predicted molar refractivity (Wildman–Crippen MR) is 165 cm³/mol. The molecular weight excluding hydrogens is 486 g/mol. The molecule has 6 rings (SSSR count). The van der Waals surface area contributed by atoms with Crippen LogP contribution in [0.1, 0.15) is 28.3 Å². The van der Waals surface area contributed by atoms with E-state index < -0.39 is 0 Å². The molecule has 0 saturated heterocycles. The Bertz CT molecular complexity index is 1850. The van der Waals surface area contributed by atoms with Crippen LogP contribution in [0.5, 0.6) is 0 Å². The lowest BCUT2D eigenvalue weighted by Gasteiger charge is -2.17. The van der Waals surface area contributed by atoms with Gasteiger partial charge in [0.25, 0.3) is 0 Å². The smallest absolute Gasteiger partial charge is 0.126 e. The van der Waals surface area contributed by atoms with E-state index in [1.807, 2.05) is 78.9 Å². The fourth-order valence-corrected chi connectivity index (χ4v) is 5.25. The molecular formula is C37H27N3. The van der Waals surface area contributed by atoms with E-state index in [0.717, 1.165) is 49.7 Å². The van der Waals surface area contributed by atoms with Crippen molar-refractivity contribution < 1.29 is 0 Å². The summed E-state index contributed by atoms with van der Waals surface area (Å²) in [6.45, 7) is 0. The van der Waals surface area contributed by atoms with Crippen molar-refractivity contribution in [2.24, 2.45) is 10.7 Å². The first-order chi connectivity index (χ1) is 19.7. The predicted octanol–water partition coefficient (Wildman–Crippen LogP) is 8.54. The molecule has 0 saturated carbocycles. The minimum Gasteiger partial charge on any atom is -0.383 e. The minimum atomic E-state index is -0.225. The van der Waals surface area contributed by atoms with E-state index in [4.69, 9.17) is 10.7 Å². The second-order valence-electron chi connectivity index (χ2n) is 9.68. The molecule has 0 heterocycles. The minimum absolute atomic E-state index is 0.225. The van der Waals surface area contributed by atoms with Gasteiger partial charge in [-0.25, -0.2) is 0 Å². The Balaban J connectivity index is 1.42. The molecule has 0 aliphatic heterocycles. The maximum absolute atomic E-state index is 9.69. The average molecular weight is 514 g/mol. The summed E-state index contributed by atoms with van der Waals surface area (Å²) in [5.41, 5.74) is 14.5. The third-order valence-electron chi connectivity index (χ3n) is 7.25. The van der Waals surface area contributed by atoms with E-state index in [1.165, 1.54) is 0 Å². The highest BCUT2D eigenvalue weighted by molar-refractivity contribution is 6.05. The molecule has 0 radical (unpaired) electrons. The summed E-state index contributed by atoms with van der Waals surface area (Å²) in [5, 5.41) is 12.0. The molecule has 40 heavy (non-hydrogen) atoms. The van der Waals surface area contributed by atoms with Gasteiger partial charge >= 0.3 is 0 Å². The Kier molecular flexibility index (Phi) is 6.90. The zero-order valence-electron chi connectivity index (χ0n) is 21.9. The van der Waals surface area contributed by atoms with Crippen molar-refractivity contribution in [2.45, 2.75) is 6.04 Å². The van der Waals surface area contributed by atoms with Gasteiger partial charge in [-0.15, -0.1) is 0 Å². The Morgan fingerprint density at radius 2 is 1.10 bits per heavy atom. The number of nitrogens with zero attached hydrogens (tertiary/aromatic N) is 2. The van der Waals surface area contributed by atoms with Crippen LogP contribution in [-0.4, -0.2) is 5.84 Å². The largest absolute Gasteiger partial charge is 0.383 e. The summed E-state index contributed by atoms with van der Waals surface area (Å²) < 4.78 is 0. The van der Waals surface area contributed by atoms with Gasteiger partial charge in [0, 0.05) is 11.1 Å². The van der Waals surface area contributed by atoms with Crippen molar-refractivity contribution in [2.75, 3.05) is 0 Å². The lowest BCUT2D eigenvalue weighted by Crippen LogP contribution is -2.15. The van der Waals surface area contributed by atoms with Gasteiger partial charge in [-0.1, -0.05) is 140 Å². The highest BCUT2D eigenvalue weighted by Gasteiger charge is 2.16. The highest BCUT2D eigenvalue weighted by atomic mass is 14.9. The monoisotopic (exact) mass is 513 g/mol. The first kappa shape index (κ1) is 24.9. The van der Waals surface area contributed by atoms with E-state index in [1.54, 1.807) is 0 Å².